The van der Waals surface area contributed by atoms with Crippen LogP contribution in [0.5, 0.6) is 0 Å². The Morgan fingerprint density at radius 1 is 1.18 bits per heavy atom. The highest BCUT2D eigenvalue weighted by Gasteiger charge is 2.35. The minimum atomic E-state index is -0.386. The summed E-state index contributed by atoms with van der Waals surface area (Å²) >= 11 is 0. The van der Waals surface area contributed by atoms with Gasteiger partial charge >= 0.3 is 6.09 Å². The van der Waals surface area contributed by atoms with Crippen molar-refractivity contribution >= 4 is 28.6 Å². The second kappa shape index (κ2) is 7.46. The summed E-state index contributed by atoms with van der Waals surface area (Å²) in [5.74, 6) is 0.672. The molecule has 1 aromatic heterocycles. The maximum atomic E-state index is 12.3. The number of fused-ring (bicyclic) bond motifs is 1. The molecule has 1 aromatic carbocycles. The highest BCUT2D eigenvalue weighted by atomic mass is 16.6. The number of ether oxygens (including phenoxy) is 1. The molecule has 0 radical (unpaired) electrons. The first-order chi connectivity index (χ1) is 13.5. The van der Waals surface area contributed by atoms with Gasteiger partial charge in [-0.15, -0.1) is 0 Å². The zero-order chi connectivity index (χ0) is 19.7. The van der Waals surface area contributed by atoms with E-state index in [1.54, 1.807) is 11.2 Å². The molecule has 2 aromatic rings. The molecule has 1 unspecified atom stereocenters. The van der Waals surface area contributed by atoms with Gasteiger partial charge in [-0.3, -0.25) is 9.69 Å². The lowest BCUT2D eigenvalue weighted by atomic mass is 9.83. The first-order valence-corrected chi connectivity index (χ1v) is 9.49. The van der Waals surface area contributed by atoms with E-state index in [1.807, 2.05) is 30.4 Å². The molecule has 2 aliphatic rings. The number of rotatable bonds is 5. The number of ketones is 1. The van der Waals surface area contributed by atoms with Crippen LogP contribution < -0.4 is 4.90 Å². The number of nitrogens with zero attached hydrogens (tertiary/aromatic N) is 2. The van der Waals surface area contributed by atoms with Gasteiger partial charge in [0.2, 0.25) is 0 Å². The van der Waals surface area contributed by atoms with E-state index >= 15 is 0 Å². The van der Waals surface area contributed by atoms with Crippen molar-refractivity contribution in [2.75, 3.05) is 11.5 Å². The van der Waals surface area contributed by atoms with Crippen LogP contribution in [0.2, 0.25) is 0 Å². The third-order valence-electron chi connectivity index (χ3n) is 5.56. The molecule has 0 bridgehead atoms. The zero-order valence-corrected chi connectivity index (χ0v) is 15.7. The number of aromatic amines is 1. The van der Waals surface area contributed by atoms with Crippen LogP contribution >= 0.6 is 0 Å². The number of hydrogen-bond donors (Lipinski definition) is 1. The fourth-order valence-electron chi connectivity index (χ4n) is 3.82. The molecule has 1 saturated heterocycles. The number of aromatic nitrogens is 2. The Morgan fingerprint density at radius 2 is 1.93 bits per heavy atom. The van der Waals surface area contributed by atoms with Crippen molar-refractivity contribution in [3.8, 4) is 0 Å². The van der Waals surface area contributed by atoms with Gasteiger partial charge in [0, 0.05) is 12.8 Å². The molecule has 1 aliphatic carbocycles. The maximum absolute atomic E-state index is 12.3. The Hall–Kier alpha value is -3.15. The number of Topliss-reactive ketones (excluding diaryl/α,β-unsaturated/α-hetero) is 1. The van der Waals surface area contributed by atoms with E-state index < -0.39 is 0 Å². The van der Waals surface area contributed by atoms with E-state index in [1.165, 1.54) is 0 Å². The standard InChI is InChI=1S/C22H23N3O3/c1-14(16-5-8-18(26)9-6-16)3-4-15(2)21-12-28-22(27)25(21)17-7-10-19-20(11-17)24-13-23-19/h3-4,7,10-11,13,16,21H,1-2,5-6,8-9,12H2,(H,23,24)/b4-3-. The number of hydrogen-bond acceptors (Lipinski definition) is 4. The molecule has 2 heterocycles. The third kappa shape index (κ3) is 3.50. The number of anilines is 1. The van der Waals surface area contributed by atoms with Crippen LogP contribution in [0.3, 0.4) is 0 Å². The molecular formula is C22H23N3O3. The summed E-state index contributed by atoms with van der Waals surface area (Å²) in [5.41, 5.74) is 4.22. The van der Waals surface area contributed by atoms with Crippen molar-refractivity contribution in [1.82, 2.24) is 9.97 Å². The predicted molar refractivity (Wildman–Crippen MR) is 108 cm³/mol. The summed E-state index contributed by atoms with van der Waals surface area (Å²) in [6.45, 7) is 8.57. The smallest absolute Gasteiger partial charge is 0.415 e. The van der Waals surface area contributed by atoms with Crippen LogP contribution in [0.1, 0.15) is 25.7 Å². The molecule has 28 heavy (non-hydrogen) atoms. The van der Waals surface area contributed by atoms with Crippen molar-refractivity contribution in [2.24, 2.45) is 5.92 Å². The van der Waals surface area contributed by atoms with Gasteiger partial charge in [-0.25, -0.2) is 9.78 Å². The van der Waals surface area contributed by atoms with Crippen LogP contribution in [0.4, 0.5) is 10.5 Å². The zero-order valence-electron chi connectivity index (χ0n) is 15.7. The fourth-order valence-corrected chi connectivity index (χ4v) is 3.82. The van der Waals surface area contributed by atoms with Crippen LogP contribution in [0.15, 0.2) is 61.0 Å². The Morgan fingerprint density at radius 3 is 2.71 bits per heavy atom. The van der Waals surface area contributed by atoms with Gasteiger partial charge in [-0.2, -0.15) is 0 Å². The van der Waals surface area contributed by atoms with Gasteiger partial charge in [-0.1, -0.05) is 30.9 Å². The van der Waals surface area contributed by atoms with Gasteiger partial charge in [-0.05, 0) is 42.5 Å². The normalized spacial score (nSPS) is 20.9. The quantitative estimate of drug-likeness (QED) is 0.788. The Kier molecular flexibility index (Phi) is 4.86. The highest BCUT2D eigenvalue weighted by Crippen LogP contribution is 2.31. The molecule has 1 aliphatic heterocycles. The lowest BCUT2D eigenvalue weighted by molar-refractivity contribution is -0.120. The molecule has 6 nitrogen and oxygen atoms in total. The van der Waals surface area contributed by atoms with Gasteiger partial charge < -0.3 is 9.72 Å². The van der Waals surface area contributed by atoms with Crippen molar-refractivity contribution in [1.29, 1.82) is 0 Å². The molecule has 2 fully saturated rings. The van der Waals surface area contributed by atoms with E-state index in [0.29, 0.717) is 24.5 Å². The molecule has 1 amide bonds. The molecule has 6 heteroatoms. The number of benzene rings is 1. The molecule has 1 saturated carbocycles. The second-order valence-corrected chi connectivity index (χ2v) is 7.36. The number of carbonyl (C=O) groups excluding carboxylic acids is 2. The predicted octanol–water partition coefficient (Wildman–Crippen LogP) is 4.32. The number of allylic oxidation sites excluding steroid dienone is 2. The highest BCUT2D eigenvalue weighted by molar-refractivity contribution is 5.93. The van der Waals surface area contributed by atoms with Crippen molar-refractivity contribution in [3.63, 3.8) is 0 Å². The van der Waals surface area contributed by atoms with Gasteiger partial charge in [0.1, 0.15) is 12.4 Å². The Labute approximate surface area is 163 Å². The minimum Gasteiger partial charge on any atom is -0.447 e. The first kappa shape index (κ1) is 18.2. The van der Waals surface area contributed by atoms with E-state index in [9.17, 15) is 9.59 Å². The molecular weight excluding hydrogens is 354 g/mol. The van der Waals surface area contributed by atoms with Crippen LogP contribution in [-0.4, -0.2) is 34.5 Å². The topological polar surface area (TPSA) is 75.3 Å². The average molecular weight is 377 g/mol. The number of cyclic esters (lactones) is 1. The molecule has 1 atom stereocenters. The number of imidazole rings is 1. The van der Waals surface area contributed by atoms with Crippen molar-refractivity contribution < 1.29 is 14.3 Å². The number of nitrogens with one attached hydrogen (secondary N) is 1. The first-order valence-electron chi connectivity index (χ1n) is 9.49. The molecule has 144 valence electrons. The van der Waals surface area contributed by atoms with Crippen molar-refractivity contribution in [3.05, 3.63) is 61.0 Å². The third-order valence-corrected chi connectivity index (χ3v) is 5.56. The van der Waals surface area contributed by atoms with Crippen LogP contribution in [-0.2, 0) is 9.53 Å². The van der Waals surface area contributed by atoms with Gasteiger partial charge in [0.05, 0.1) is 29.1 Å². The number of carbonyl (C=O) groups is 2. The second-order valence-electron chi connectivity index (χ2n) is 7.36. The fraction of sp³-hybridized carbons (Fsp3) is 0.318. The van der Waals surface area contributed by atoms with Gasteiger partial charge in [0.15, 0.2) is 0 Å². The lowest BCUT2D eigenvalue weighted by Crippen LogP contribution is -2.34. The maximum Gasteiger partial charge on any atom is 0.415 e. The largest absolute Gasteiger partial charge is 0.447 e. The van der Waals surface area contributed by atoms with Crippen molar-refractivity contribution in [2.45, 2.75) is 31.7 Å². The molecule has 0 spiro atoms. The summed E-state index contributed by atoms with van der Waals surface area (Å²) in [7, 11) is 0. The summed E-state index contributed by atoms with van der Waals surface area (Å²) in [6.07, 6.45) is 8.09. The van der Waals surface area contributed by atoms with E-state index in [4.69, 9.17) is 4.74 Å². The summed E-state index contributed by atoms with van der Waals surface area (Å²) in [6, 6.07) is 5.34. The van der Waals surface area contributed by atoms with E-state index in [-0.39, 0.29) is 18.7 Å². The summed E-state index contributed by atoms with van der Waals surface area (Å²) < 4.78 is 5.29. The monoisotopic (exact) mass is 377 g/mol. The van der Waals surface area contributed by atoms with E-state index in [0.717, 1.165) is 40.7 Å². The SMILES string of the molecule is C=C(/C=C\C(=C)C1COC(=O)N1c1ccc2nc[nH]c2c1)C1CCC(=O)CC1. The summed E-state index contributed by atoms with van der Waals surface area (Å²) in [5, 5.41) is 0. The number of H-pyrrole nitrogens is 1. The summed E-state index contributed by atoms with van der Waals surface area (Å²) in [4.78, 5) is 32.6. The minimum absolute atomic E-state index is 0.257. The average Bonchev–Trinajstić information content (AvgIpc) is 3.32. The van der Waals surface area contributed by atoms with Crippen LogP contribution in [0, 0.1) is 5.92 Å². The lowest BCUT2D eigenvalue weighted by Gasteiger charge is -2.23. The van der Waals surface area contributed by atoms with Crippen LogP contribution in [0.25, 0.3) is 11.0 Å². The molecule has 1 N–H and O–H groups in total. The van der Waals surface area contributed by atoms with E-state index in [2.05, 4.69) is 23.1 Å². The molecule has 4 rings (SSSR count). The number of amides is 1. The van der Waals surface area contributed by atoms with Gasteiger partial charge in [0.25, 0.3) is 0 Å². The Balaban J connectivity index is 1.48. The Bertz CT molecular complexity index is 978.